The van der Waals surface area contributed by atoms with Crippen LogP contribution in [-0.2, 0) is 19.1 Å². The SMILES string of the molecule is CCCCCCCCCCC(CCCCCCCC)C(=O)NC(CCSCCC(=O)OCCCCCCCC(C)C)C(C)=O. The molecule has 6 heteroatoms. The van der Waals surface area contributed by atoms with Crippen LogP contribution in [0.5, 0.6) is 0 Å². The molecule has 0 heterocycles. The molecular formula is C38H73NO4S. The summed E-state index contributed by atoms with van der Waals surface area (Å²) in [6.45, 7) is 11.1. The molecule has 0 aromatic rings. The van der Waals surface area contributed by atoms with Gasteiger partial charge in [0.1, 0.15) is 0 Å². The van der Waals surface area contributed by atoms with E-state index in [9.17, 15) is 14.4 Å². The highest BCUT2D eigenvalue weighted by Crippen LogP contribution is 2.21. The lowest BCUT2D eigenvalue weighted by molar-refractivity contribution is -0.143. The highest BCUT2D eigenvalue weighted by atomic mass is 32.2. The molecular weight excluding hydrogens is 566 g/mol. The summed E-state index contributed by atoms with van der Waals surface area (Å²) in [6, 6.07) is -0.437. The minimum atomic E-state index is -0.437. The predicted octanol–water partition coefficient (Wildman–Crippen LogP) is 11.0. The van der Waals surface area contributed by atoms with Gasteiger partial charge in [-0.2, -0.15) is 11.8 Å². The quantitative estimate of drug-likeness (QED) is 0.0571. The predicted molar refractivity (Wildman–Crippen MR) is 191 cm³/mol. The molecule has 0 aliphatic rings. The van der Waals surface area contributed by atoms with Crippen LogP contribution in [0.25, 0.3) is 0 Å². The van der Waals surface area contributed by atoms with Crippen molar-refractivity contribution in [1.29, 1.82) is 0 Å². The Balaban J connectivity index is 4.37. The largest absolute Gasteiger partial charge is 0.466 e. The van der Waals surface area contributed by atoms with Crippen molar-refractivity contribution in [1.82, 2.24) is 5.32 Å². The van der Waals surface area contributed by atoms with Crippen molar-refractivity contribution in [3.8, 4) is 0 Å². The summed E-state index contributed by atoms with van der Waals surface area (Å²) in [5.74, 6) is 2.17. The topological polar surface area (TPSA) is 72.5 Å². The molecule has 5 nitrogen and oxygen atoms in total. The number of esters is 1. The van der Waals surface area contributed by atoms with Gasteiger partial charge in [0.2, 0.25) is 5.91 Å². The molecule has 0 aromatic heterocycles. The van der Waals surface area contributed by atoms with Crippen LogP contribution < -0.4 is 5.32 Å². The first-order valence-corrected chi connectivity index (χ1v) is 20.0. The van der Waals surface area contributed by atoms with Gasteiger partial charge in [0.05, 0.1) is 19.1 Å². The third kappa shape index (κ3) is 28.4. The Morgan fingerprint density at radius 1 is 0.614 bits per heavy atom. The summed E-state index contributed by atoms with van der Waals surface area (Å²) in [5, 5.41) is 3.12. The minimum absolute atomic E-state index is 0.00517. The average molecular weight is 640 g/mol. The Morgan fingerprint density at radius 2 is 1.09 bits per heavy atom. The molecule has 44 heavy (non-hydrogen) atoms. The highest BCUT2D eigenvalue weighted by molar-refractivity contribution is 7.99. The van der Waals surface area contributed by atoms with Gasteiger partial charge < -0.3 is 10.1 Å². The zero-order valence-electron chi connectivity index (χ0n) is 29.9. The number of hydrogen-bond donors (Lipinski definition) is 1. The van der Waals surface area contributed by atoms with E-state index in [4.69, 9.17) is 4.74 Å². The molecule has 0 aromatic carbocycles. The zero-order valence-corrected chi connectivity index (χ0v) is 30.7. The van der Waals surface area contributed by atoms with Crippen LogP contribution in [0.15, 0.2) is 0 Å². The number of thioether (sulfide) groups is 1. The summed E-state index contributed by atoms with van der Waals surface area (Å²) in [6.07, 6.45) is 27.5. The molecule has 0 saturated carbocycles. The van der Waals surface area contributed by atoms with Crippen LogP contribution in [0.2, 0.25) is 0 Å². The van der Waals surface area contributed by atoms with Gasteiger partial charge in [-0.25, -0.2) is 0 Å². The number of carbonyl (C=O) groups excluding carboxylic acids is 3. The lowest BCUT2D eigenvalue weighted by Gasteiger charge is -2.21. The van der Waals surface area contributed by atoms with Crippen molar-refractivity contribution in [2.24, 2.45) is 11.8 Å². The second-order valence-electron chi connectivity index (χ2n) is 13.5. The van der Waals surface area contributed by atoms with E-state index in [1.54, 1.807) is 18.7 Å². The maximum Gasteiger partial charge on any atom is 0.306 e. The maximum atomic E-state index is 13.3. The number of ketones is 1. The van der Waals surface area contributed by atoms with Crippen molar-refractivity contribution in [2.75, 3.05) is 18.1 Å². The molecule has 1 amide bonds. The Morgan fingerprint density at radius 3 is 1.59 bits per heavy atom. The fourth-order valence-electron chi connectivity index (χ4n) is 5.67. The highest BCUT2D eigenvalue weighted by Gasteiger charge is 2.23. The summed E-state index contributed by atoms with van der Waals surface area (Å²) < 4.78 is 5.40. The minimum Gasteiger partial charge on any atom is -0.466 e. The molecule has 0 aliphatic heterocycles. The number of amides is 1. The first kappa shape index (κ1) is 43.0. The number of nitrogens with one attached hydrogen (secondary N) is 1. The van der Waals surface area contributed by atoms with E-state index < -0.39 is 6.04 Å². The van der Waals surface area contributed by atoms with Gasteiger partial charge in [-0.15, -0.1) is 0 Å². The van der Waals surface area contributed by atoms with Crippen LogP contribution in [0.3, 0.4) is 0 Å². The molecule has 0 spiro atoms. The van der Waals surface area contributed by atoms with Gasteiger partial charge in [-0.3, -0.25) is 14.4 Å². The molecule has 0 rings (SSSR count). The lowest BCUT2D eigenvalue weighted by atomic mass is 9.92. The number of Topliss-reactive ketones (excluding diaryl/α,β-unsaturated/α-hetero) is 1. The first-order valence-electron chi connectivity index (χ1n) is 18.9. The third-order valence-electron chi connectivity index (χ3n) is 8.68. The second-order valence-corrected chi connectivity index (χ2v) is 14.7. The Hall–Kier alpha value is -1.04. The van der Waals surface area contributed by atoms with Gasteiger partial charge in [-0.05, 0) is 44.3 Å². The summed E-state index contributed by atoms with van der Waals surface area (Å²) >= 11 is 1.66. The number of rotatable bonds is 33. The van der Waals surface area contributed by atoms with Crippen molar-refractivity contribution < 1.29 is 19.1 Å². The van der Waals surface area contributed by atoms with Gasteiger partial charge in [0.25, 0.3) is 0 Å². The zero-order chi connectivity index (χ0) is 32.7. The standard InChI is InChI=1S/C38H73NO4S/c1-6-8-10-12-14-15-19-23-27-35(26-22-18-13-11-9-7-2)38(42)39-36(34(5)40)28-31-44-32-29-37(41)43-30-24-20-16-17-21-25-33(3)4/h33,35-36H,6-32H2,1-5H3,(H,39,42). The van der Waals surface area contributed by atoms with Gasteiger partial charge in [0.15, 0.2) is 5.78 Å². The van der Waals surface area contributed by atoms with Crippen LogP contribution in [0.4, 0.5) is 0 Å². The smallest absolute Gasteiger partial charge is 0.306 e. The summed E-state index contributed by atoms with van der Waals surface area (Å²) in [7, 11) is 0. The Kier molecular flexibility index (Phi) is 31.2. The van der Waals surface area contributed by atoms with Crippen molar-refractivity contribution >= 4 is 29.4 Å². The van der Waals surface area contributed by atoms with E-state index in [2.05, 4.69) is 33.0 Å². The Bertz CT molecular complexity index is 684. The molecule has 1 N–H and O–H groups in total. The number of hydrogen-bond acceptors (Lipinski definition) is 5. The van der Waals surface area contributed by atoms with E-state index in [1.165, 1.54) is 103 Å². The number of unbranched alkanes of at least 4 members (excludes halogenated alkanes) is 16. The fraction of sp³-hybridized carbons (Fsp3) is 0.921. The lowest BCUT2D eigenvalue weighted by Crippen LogP contribution is -2.43. The van der Waals surface area contributed by atoms with Crippen LogP contribution in [0.1, 0.15) is 189 Å². The molecule has 0 saturated heterocycles. The second kappa shape index (κ2) is 31.9. The van der Waals surface area contributed by atoms with E-state index in [0.29, 0.717) is 25.2 Å². The normalized spacial score (nSPS) is 12.8. The van der Waals surface area contributed by atoms with Gasteiger partial charge in [-0.1, -0.05) is 150 Å². The summed E-state index contributed by atoms with van der Waals surface area (Å²) in [4.78, 5) is 37.8. The average Bonchev–Trinajstić information content (AvgIpc) is 2.99. The number of ether oxygens (including phenoxy) is 1. The molecule has 0 radical (unpaired) electrons. The summed E-state index contributed by atoms with van der Waals surface area (Å²) in [5.41, 5.74) is 0. The van der Waals surface area contributed by atoms with Crippen LogP contribution in [-0.4, -0.2) is 41.8 Å². The van der Waals surface area contributed by atoms with E-state index in [-0.39, 0.29) is 23.6 Å². The maximum absolute atomic E-state index is 13.3. The molecule has 260 valence electrons. The van der Waals surface area contributed by atoms with Crippen LogP contribution in [0, 0.1) is 11.8 Å². The number of carbonyl (C=O) groups is 3. The Labute approximate surface area is 278 Å². The van der Waals surface area contributed by atoms with E-state index >= 15 is 0 Å². The molecule has 0 fully saturated rings. The first-order chi connectivity index (χ1) is 21.3. The molecule has 0 bridgehead atoms. The fourth-order valence-corrected chi connectivity index (χ4v) is 6.59. The van der Waals surface area contributed by atoms with Crippen LogP contribution >= 0.6 is 11.8 Å². The van der Waals surface area contributed by atoms with E-state index in [0.717, 1.165) is 50.2 Å². The van der Waals surface area contributed by atoms with Gasteiger partial charge >= 0.3 is 5.97 Å². The molecule has 2 atom stereocenters. The van der Waals surface area contributed by atoms with E-state index in [1.807, 2.05) is 0 Å². The molecule has 2 unspecified atom stereocenters. The van der Waals surface area contributed by atoms with Gasteiger partial charge in [0, 0.05) is 11.7 Å². The van der Waals surface area contributed by atoms with Crippen molar-refractivity contribution in [3.05, 3.63) is 0 Å². The third-order valence-corrected chi connectivity index (χ3v) is 9.70. The molecule has 0 aliphatic carbocycles. The monoisotopic (exact) mass is 640 g/mol. The van der Waals surface area contributed by atoms with Crippen molar-refractivity contribution in [3.63, 3.8) is 0 Å². The van der Waals surface area contributed by atoms with Crippen molar-refractivity contribution in [2.45, 2.75) is 195 Å².